The minimum atomic E-state index is 0.433. The summed E-state index contributed by atoms with van der Waals surface area (Å²) in [5.74, 6) is 1.17. The lowest BCUT2D eigenvalue weighted by molar-refractivity contribution is 0.349. The minimum absolute atomic E-state index is 0.433. The highest BCUT2D eigenvalue weighted by atomic mass is 15.5. The second-order valence-corrected chi connectivity index (χ2v) is 5.88. The number of hydrogen-bond acceptors (Lipinski definition) is 6. The van der Waals surface area contributed by atoms with Crippen LogP contribution in [0.4, 0.5) is 5.69 Å². The molecule has 0 spiro atoms. The Bertz CT molecular complexity index is 762. The summed E-state index contributed by atoms with van der Waals surface area (Å²) < 4.78 is 1.76. The predicted molar refractivity (Wildman–Crippen MR) is 81.2 cm³/mol. The molecular weight excluding hydrogens is 280 g/mol. The molecule has 2 unspecified atom stereocenters. The van der Waals surface area contributed by atoms with Crippen LogP contribution < -0.4 is 5.32 Å². The van der Waals surface area contributed by atoms with Gasteiger partial charge in [-0.25, -0.2) is 9.50 Å². The normalized spacial score (nSPS) is 22.0. The van der Waals surface area contributed by atoms with Crippen LogP contribution in [0.3, 0.4) is 0 Å². The van der Waals surface area contributed by atoms with Crippen LogP contribution in [0.1, 0.15) is 32.6 Å². The van der Waals surface area contributed by atoms with Gasteiger partial charge in [-0.05, 0) is 24.0 Å². The Hall–Kier alpha value is -2.51. The molecule has 2 N–H and O–H groups in total. The molecule has 0 radical (unpaired) electrons. The van der Waals surface area contributed by atoms with Crippen LogP contribution in [0.25, 0.3) is 17.0 Å². The first-order chi connectivity index (χ1) is 10.8. The monoisotopic (exact) mass is 298 g/mol. The number of fused-ring (bicyclic) bond motifs is 1. The van der Waals surface area contributed by atoms with E-state index in [2.05, 4.69) is 42.9 Å². The first-order valence-corrected chi connectivity index (χ1v) is 7.65. The van der Waals surface area contributed by atoms with Crippen molar-refractivity contribution in [2.75, 3.05) is 5.32 Å². The fourth-order valence-corrected chi connectivity index (χ4v) is 3.18. The molecule has 4 rings (SSSR count). The maximum absolute atomic E-state index is 4.43. The summed E-state index contributed by atoms with van der Waals surface area (Å²) in [7, 11) is 0. The number of tetrazole rings is 1. The van der Waals surface area contributed by atoms with E-state index >= 15 is 0 Å². The molecule has 1 aliphatic carbocycles. The Balaban J connectivity index is 1.79. The Morgan fingerprint density at radius 3 is 3.05 bits per heavy atom. The van der Waals surface area contributed by atoms with E-state index in [0.29, 0.717) is 17.8 Å². The third-order valence-corrected chi connectivity index (χ3v) is 4.45. The van der Waals surface area contributed by atoms with E-state index < -0.39 is 0 Å². The van der Waals surface area contributed by atoms with Crippen LogP contribution in [-0.2, 0) is 0 Å². The van der Waals surface area contributed by atoms with Crippen molar-refractivity contribution in [2.45, 2.75) is 38.6 Å². The molecule has 8 nitrogen and oxygen atoms in total. The number of nitrogens with zero attached hydrogens (tertiary/aromatic N) is 6. The molecule has 3 aromatic heterocycles. The van der Waals surface area contributed by atoms with Crippen molar-refractivity contribution in [3.8, 4) is 11.4 Å². The topological polar surface area (TPSA) is 96.7 Å². The molecular formula is C14H18N8. The van der Waals surface area contributed by atoms with Gasteiger partial charge in [0, 0.05) is 18.4 Å². The lowest BCUT2D eigenvalue weighted by Gasteiger charge is -2.30. The Kier molecular flexibility index (Phi) is 3.21. The standard InChI is InChI=1S/C14H18N8/c1-9-4-2-3-5-11(9)17-12-10(13-18-20-21-19-13)8-16-22-7-6-15-14(12)22/h6-9,11,17H,2-5H2,1H3,(H,18,19,20,21). The molecule has 3 aromatic rings. The van der Waals surface area contributed by atoms with Crippen molar-refractivity contribution >= 4 is 11.3 Å². The number of imidazole rings is 1. The molecule has 0 aliphatic heterocycles. The molecule has 0 bridgehead atoms. The van der Waals surface area contributed by atoms with E-state index in [1.54, 1.807) is 16.9 Å². The van der Waals surface area contributed by atoms with Crippen molar-refractivity contribution in [1.29, 1.82) is 0 Å². The van der Waals surface area contributed by atoms with E-state index in [-0.39, 0.29) is 0 Å². The molecule has 1 saturated carbocycles. The second-order valence-electron chi connectivity index (χ2n) is 5.88. The van der Waals surface area contributed by atoms with Crippen LogP contribution in [0, 0.1) is 5.92 Å². The maximum Gasteiger partial charge on any atom is 0.208 e. The number of H-pyrrole nitrogens is 1. The number of aromatic amines is 1. The molecule has 0 aromatic carbocycles. The van der Waals surface area contributed by atoms with Gasteiger partial charge in [-0.3, -0.25) is 0 Å². The summed E-state index contributed by atoms with van der Waals surface area (Å²) in [4.78, 5) is 4.43. The average Bonchev–Trinajstić information content (AvgIpc) is 3.20. The van der Waals surface area contributed by atoms with Crippen LogP contribution >= 0.6 is 0 Å². The molecule has 0 amide bonds. The van der Waals surface area contributed by atoms with E-state index in [4.69, 9.17) is 0 Å². The predicted octanol–water partition coefficient (Wildman–Crippen LogP) is 1.90. The molecule has 1 aliphatic rings. The van der Waals surface area contributed by atoms with Crippen molar-refractivity contribution in [3.63, 3.8) is 0 Å². The SMILES string of the molecule is CC1CCCCC1Nc1c(-c2nn[nH]n2)cnn2ccnc12. The van der Waals surface area contributed by atoms with Gasteiger partial charge in [-0.1, -0.05) is 19.8 Å². The number of anilines is 1. The summed E-state index contributed by atoms with van der Waals surface area (Å²) in [6.45, 7) is 2.30. The van der Waals surface area contributed by atoms with Crippen LogP contribution in [0.15, 0.2) is 18.6 Å². The van der Waals surface area contributed by atoms with Crippen LogP contribution in [0.5, 0.6) is 0 Å². The number of aromatic nitrogens is 7. The third kappa shape index (κ3) is 2.20. The van der Waals surface area contributed by atoms with Crippen molar-refractivity contribution in [1.82, 2.24) is 35.2 Å². The molecule has 22 heavy (non-hydrogen) atoms. The Labute approximate surface area is 127 Å². The fraction of sp³-hybridized carbons (Fsp3) is 0.500. The number of hydrogen-bond donors (Lipinski definition) is 2. The molecule has 2 atom stereocenters. The third-order valence-electron chi connectivity index (χ3n) is 4.45. The summed E-state index contributed by atoms with van der Waals surface area (Å²) in [6, 6.07) is 0.433. The summed E-state index contributed by atoms with van der Waals surface area (Å²) in [5.41, 5.74) is 2.55. The summed E-state index contributed by atoms with van der Waals surface area (Å²) in [6.07, 6.45) is 10.3. The Morgan fingerprint density at radius 2 is 2.23 bits per heavy atom. The molecule has 0 saturated heterocycles. The fourth-order valence-electron chi connectivity index (χ4n) is 3.18. The zero-order chi connectivity index (χ0) is 14.9. The quantitative estimate of drug-likeness (QED) is 0.766. The van der Waals surface area contributed by atoms with Crippen molar-refractivity contribution in [3.05, 3.63) is 18.6 Å². The van der Waals surface area contributed by atoms with Gasteiger partial charge < -0.3 is 5.32 Å². The van der Waals surface area contributed by atoms with Gasteiger partial charge >= 0.3 is 0 Å². The van der Waals surface area contributed by atoms with Crippen LogP contribution in [-0.4, -0.2) is 41.3 Å². The highest BCUT2D eigenvalue weighted by molar-refractivity contribution is 5.83. The Morgan fingerprint density at radius 1 is 1.32 bits per heavy atom. The van der Waals surface area contributed by atoms with Crippen molar-refractivity contribution in [2.24, 2.45) is 5.92 Å². The van der Waals surface area contributed by atoms with Gasteiger partial charge in [0.2, 0.25) is 5.82 Å². The molecule has 1 fully saturated rings. The van der Waals surface area contributed by atoms with Gasteiger partial charge in [0.05, 0.1) is 17.4 Å². The van der Waals surface area contributed by atoms with E-state index in [9.17, 15) is 0 Å². The van der Waals surface area contributed by atoms with Gasteiger partial charge in [0.15, 0.2) is 5.65 Å². The smallest absolute Gasteiger partial charge is 0.208 e. The van der Waals surface area contributed by atoms with Crippen molar-refractivity contribution < 1.29 is 0 Å². The zero-order valence-corrected chi connectivity index (χ0v) is 12.4. The number of nitrogens with one attached hydrogen (secondary N) is 2. The summed E-state index contributed by atoms with van der Waals surface area (Å²) >= 11 is 0. The second kappa shape index (κ2) is 5.36. The van der Waals surface area contributed by atoms with E-state index in [0.717, 1.165) is 16.9 Å². The van der Waals surface area contributed by atoms with Gasteiger partial charge in [0.25, 0.3) is 0 Å². The van der Waals surface area contributed by atoms with Gasteiger partial charge in [-0.15, -0.1) is 10.2 Å². The molecule has 3 heterocycles. The van der Waals surface area contributed by atoms with Gasteiger partial charge in [0.1, 0.15) is 0 Å². The molecule has 8 heteroatoms. The lowest BCUT2D eigenvalue weighted by Crippen LogP contribution is -2.30. The highest BCUT2D eigenvalue weighted by Crippen LogP contribution is 2.32. The average molecular weight is 298 g/mol. The van der Waals surface area contributed by atoms with E-state index in [1.807, 2.05) is 6.20 Å². The highest BCUT2D eigenvalue weighted by Gasteiger charge is 2.24. The zero-order valence-electron chi connectivity index (χ0n) is 12.4. The minimum Gasteiger partial charge on any atom is -0.378 e. The maximum atomic E-state index is 4.43. The first kappa shape index (κ1) is 13.2. The summed E-state index contributed by atoms with van der Waals surface area (Å²) in [5, 5.41) is 22.4. The molecule has 114 valence electrons. The van der Waals surface area contributed by atoms with Crippen LogP contribution in [0.2, 0.25) is 0 Å². The first-order valence-electron chi connectivity index (χ1n) is 7.65. The lowest BCUT2D eigenvalue weighted by atomic mass is 9.86. The van der Waals surface area contributed by atoms with E-state index in [1.165, 1.54) is 25.7 Å². The number of rotatable bonds is 3. The largest absolute Gasteiger partial charge is 0.378 e. The van der Waals surface area contributed by atoms with Gasteiger partial charge in [-0.2, -0.15) is 10.3 Å².